The number of fused-ring (bicyclic) bond motifs is 1. The minimum absolute atomic E-state index is 0.100. The Bertz CT molecular complexity index is 607. The lowest BCUT2D eigenvalue weighted by Gasteiger charge is -2.14. The number of carboxylic acids is 1. The normalized spacial score (nSPS) is 16.6. The van der Waals surface area contributed by atoms with Crippen LogP contribution in [-0.4, -0.2) is 69.8 Å². The Hall–Kier alpha value is -2.36. The third-order valence-electron chi connectivity index (χ3n) is 3.51. The van der Waals surface area contributed by atoms with Crippen molar-refractivity contribution in [2.45, 2.75) is 12.8 Å². The number of carboxylic acid groups (broad SMARTS) is 1. The summed E-state index contributed by atoms with van der Waals surface area (Å²) in [7, 11) is 0. The van der Waals surface area contributed by atoms with E-state index in [2.05, 4.69) is 5.32 Å². The number of anilines is 1. The number of aliphatic carboxylic acids is 1. The number of ether oxygens (including phenoxy) is 5. The quantitative estimate of drug-likeness (QED) is 0.800. The third-order valence-corrected chi connectivity index (χ3v) is 3.51. The molecule has 1 amide bonds. The molecule has 0 atom stereocenters. The molecule has 9 nitrogen and oxygen atoms in total. The van der Waals surface area contributed by atoms with E-state index in [9.17, 15) is 9.59 Å². The first-order chi connectivity index (χ1) is 13.1. The topological polar surface area (TPSA) is 113 Å². The summed E-state index contributed by atoms with van der Waals surface area (Å²) in [5.41, 5.74) is 0.497. The molecule has 1 aliphatic rings. The van der Waals surface area contributed by atoms with Crippen LogP contribution >= 0.6 is 0 Å². The highest BCUT2D eigenvalue weighted by Gasteiger charge is 2.11. The maximum atomic E-state index is 11.8. The van der Waals surface area contributed by atoms with Gasteiger partial charge in [0.2, 0.25) is 5.91 Å². The van der Waals surface area contributed by atoms with Crippen LogP contribution in [0, 0.1) is 0 Å². The van der Waals surface area contributed by atoms with Crippen molar-refractivity contribution in [1.82, 2.24) is 0 Å². The molecule has 150 valence electrons. The van der Waals surface area contributed by atoms with Gasteiger partial charge in [-0.25, -0.2) is 0 Å². The van der Waals surface area contributed by atoms with E-state index in [0.29, 0.717) is 70.0 Å². The molecule has 0 aromatic heterocycles. The van der Waals surface area contributed by atoms with Crippen molar-refractivity contribution in [3.8, 4) is 11.5 Å². The number of carbonyl (C=O) groups excluding carboxylic acids is 1. The molecule has 0 bridgehead atoms. The summed E-state index contributed by atoms with van der Waals surface area (Å²) in [5.74, 6) is -0.421. The zero-order valence-electron chi connectivity index (χ0n) is 15.1. The van der Waals surface area contributed by atoms with Crippen LogP contribution in [0.3, 0.4) is 0 Å². The van der Waals surface area contributed by atoms with E-state index in [0.717, 1.165) is 0 Å². The third kappa shape index (κ3) is 8.72. The van der Waals surface area contributed by atoms with E-state index in [-0.39, 0.29) is 18.7 Å². The van der Waals surface area contributed by atoms with Gasteiger partial charge in [-0.2, -0.15) is 0 Å². The van der Waals surface area contributed by atoms with E-state index >= 15 is 0 Å². The number of hydrogen-bond acceptors (Lipinski definition) is 7. The van der Waals surface area contributed by atoms with Gasteiger partial charge in [-0.3, -0.25) is 9.59 Å². The summed E-state index contributed by atoms with van der Waals surface area (Å²) in [6.45, 7) is 3.38. The minimum Gasteiger partial charge on any atom is -0.487 e. The van der Waals surface area contributed by atoms with Crippen molar-refractivity contribution in [2.75, 3.05) is 58.2 Å². The first kappa shape index (κ1) is 20.9. The lowest BCUT2D eigenvalue weighted by molar-refractivity contribution is -0.138. The summed E-state index contributed by atoms with van der Waals surface area (Å²) in [4.78, 5) is 22.4. The second-order valence-electron chi connectivity index (χ2n) is 5.64. The first-order valence-electron chi connectivity index (χ1n) is 8.79. The van der Waals surface area contributed by atoms with Gasteiger partial charge in [-0.05, 0) is 12.1 Å². The molecule has 2 rings (SSSR count). The molecule has 0 unspecified atom stereocenters. The van der Waals surface area contributed by atoms with Gasteiger partial charge in [0.15, 0.2) is 11.5 Å². The van der Waals surface area contributed by atoms with Crippen LogP contribution in [0.1, 0.15) is 12.8 Å². The predicted molar refractivity (Wildman–Crippen MR) is 95.4 cm³/mol. The summed E-state index contributed by atoms with van der Waals surface area (Å²) >= 11 is 0. The lowest BCUT2D eigenvalue weighted by Crippen LogP contribution is -2.14. The standard InChI is InChI=1S/C18H25NO8/c20-17(3-4-18(21)22)19-14-1-2-15-16(13-14)27-12-10-25-8-6-23-5-7-24-9-11-26-15/h1-2,13H,3-12H2,(H,19,20)(H,21,22). The van der Waals surface area contributed by atoms with Crippen LogP contribution in [0.15, 0.2) is 18.2 Å². The van der Waals surface area contributed by atoms with Crippen molar-refractivity contribution in [1.29, 1.82) is 0 Å². The lowest BCUT2D eigenvalue weighted by atomic mass is 10.2. The average molecular weight is 383 g/mol. The van der Waals surface area contributed by atoms with Gasteiger partial charge in [-0.1, -0.05) is 0 Å². The smallest absolute Gasteiger partial charge is 0.303 e. The van der Waals surface area contributed by atoms with Gasteiger partial charge in [0.1, 0.15) is 13.2 Å². The summed E-state index contributed by atoms with van der Waals surface area (Å²) in [5, 5.41) is 11.3. The van der Waals surface area contributed by atoms with E-state index < -0.39 is 5.97 Å². The van der Waals surface area contributed by atoms with E-state index in [4.69, 9.17) is 28.8 Å². The average Bonchev–Trinajstić information content (AvgIpc) is 2.65. The predicted octanol–water partition coefficient (Wildman–Crippen LogP) is 1.31. The Kier molecular flexibility index (Phi) is 9.39. The number of carbonyl (C=O) groups is 2. The monoisotopic (exact) mass is 383 g/mol. The maximum absolute atomic E-state index is 11.8. The molecule has 1 aromatic rings. The zero-order valence-corrected chi connectivity index (χ0v) is 15.1. The molecule has 9 heteroatoms. The fourth-order valence-corrected chi connectivity index (χ4v) is 2.22. The van der Waals surface area contributed by atoms with Crippen molar-refractivity contribution < 1.29 is 38.4 Å². The van der Waals surface area contributed by atoms with Crippen LogP contribution in [0.25, 0.3) is 0 Å². The molecular formula is C18H25NO8. The zero-order chi connectivity index (χ0) is 19.3. The molecule has 0 spiro atoms. The van der Waals surface area contributed by atoms with Crippen LogP contribution in [0.5, 0.6) is 11.5 Å². The number of benzene rings is 1. The van der Waals surface area contributed by atoms with E-state index in [1.807, 2.05) is 0 Å². The largest absolute Gasteiger partial charge is 0.487 e. The molecule has 2 N–H and O–H groups in total. The van der Waals surface area contributed by atoms with Crippen LogP contribution in [0.2, 0.25) is 0 Å². The van der Waals surface area contributed by atoms with Gasteiger partial charge in [-0.15, -0.1) is 0 Å². The maximum Gasteiger partial charge on any atom is 0.303 e. The minimum atomic E-state index is -1.02. The van der Waals surface area contributed by atoms with Gasteiger partial charge < -0.3 is 34.1 Å². The second kappa shape index (κ2) is 12.1. The fourth-order valence-electron chi connectivity index (χ4n) is 2.22. The van der Waals surface area contributed by atoms with Gasteiger partial charge in [0.05, 0.1) is 46.1 Å². The molecule has 0 aliphatic carbocycles. The van der Waals surface area contributed by atoms with Crippen molar-refractivity contribution in [3.63, 3.8) is 0 Å². The highest BCUT2D eigenvalue weighted by molar-refractivity contribution is 5.92. The summed E-state index contributed by atoms with van der Waals surface area (Å²) in [6, 6.07) is 4.99. The molecule has 1 heterocycles. The Morgan fingerprint density at radius 2 is 1.37 bits per heavy atom. The molecule has 0 saturated carbocycles. The Morgan fingerprint density at radius 1 is 0.815 bits per heavy atom. The SMILES string of the molecule is O=C(O)CCC(=O)Nc1ccc2c(c1)OCCOCCOCCOCCO2. The van der Waals surface area contributed by atoms with Crippen molar-refractivity contribution in [2.24, 2.45) is 0 Å². The highest BCUT2D eigenvalue weighted by atomic mass is 16.6. The summed E-state index contributed by atoms with van der Waals surface area (Å²) in [6.07, 6.45) is -0.325. The Morgan fingerprint density at radius 3 is 1.96 bits per heavy atom. The van der Waals surface area contributed by atoms with Crippen LogP contribution in [-0.2, 0) is 23.8 Å². The summed E-state index contributed by atoms with van der Waals surface area (Å²) < 4.78 is 27.6. The molecular weight excluding hydrogens is 358 g/mol. The Balaban J connectivity index is 1.98. The van der Waals surface area contributed by atoms with E-state index in [1.165, 1.54) is 0 Å². The number of amides is 1. The molecule has 1 aliphatic heterocycles. The number of nitrogens with one attached hydrogen (secondary N) is 1. The molecule has 0 radical (unpaired) electrons. The van der Waals surface area contributed by atoms with Crippen LogP contribution in [0.4, 0.5) is 5.69 Å². The molecule has 0 fully saturated rings. The highest BCUT2D eigenvalue weighted by Crippen LogP contribution is 2.30. The number of hydrogen-bond donors (Lipinski definition) is 2. The second-order valence-corrected chi connectivity index (χ2v) is 5.64. The van der Waals surface area contributed by atoms with Crippen molar-refractivity contribution >= 4 is 17.6 Å². The number of rotatable bonds is 4. The molecule has 1 aromatic carbocycles. The van der Waals surface area contributed by atoms with Gasteiger partial charge >= 0.3 is 5.97 Å². The fraction of sp³-hybridized carbons (Fsp3) is 0.556. The van der Waals surface area contributed by atoms with Gasteiger partial charge in [0.25, 0.3) is 0 Å². The van der Waals surface area contributed by atoms with Crippen LogP contribution < -0.4 is 14.8 Å². The van der Waals surface area contributed by atoms with Gasteiger partial charge in [0, 0.05) is 18.2 Å². The first-order valence-corrected chi connectivity index (χ1v) is 8.79. The van der Waals surface area contributed by atoms with Crippen molar-refractivity contribution in [3.05, 3.63) is 18.2 Å². The van der Waals surface area contributed by atoms with E-state index in [1.54, 1.807) is 18.2 Å². The molecule has 27 heavy (non-hydrogen) atoms. The Labute approximate surface area is 157 Å². The molecule has 0 saturated heterocycles.